The van der Waals surface area contributed by atoms with Gasteiger partial charge >= 0.3 is 18.5 Å². The summed E-state index contributed by atoms with van der Waals surface area (Å²) in [7, 11) is -4.50. The number of halogens is 9. The number of carbonyl (C=O) groups excluding carboxylic acids is 3. The van der Waals surface area contributed by atoms with Crippen molar-refractivity contribution in [1.29, 1.82) is 0 Å². The van der Waals surface area contributed by atoms with Crippen molar-refractivity contribution in [3.8, 4) is 0 Å². The van der Waals surface area contributed by atoms with Crippen molar-refractivity contribution in [2.45, 2.75) is 56.0 Å². The first-order valence-electron chi connectivity index (χ1n) is 15.7. The summed E-state index contributed by atoms with van der Waals surface area (Å²) in [6, 6.07) is 11.7. The topological polar surface area (TPSA) is 133 Å². The van der Waals surface area contributed by atoms with E-state index in [1.807, 2.05) is 11.6 Å². The minimum absolute atomic E-state index is 0.00926. The van der Waals surface area contributed by atoms with Crippen LogP contribution in [0.4, 0.5) is 62.3 Å². The molecule has 9 nitrogen and oxygen atoms in total. The highest BCUT2D eigenvalue weighted by Crippen LogP contribution is 2.37. The number of benzene rings is 4. The molecule has 288 valence electrons. The molecule has 54 heavy (non-hydrogen) atoms. The molecule has 0 saturated carbocycles. The molecule has 0 atom stereocenters. The lowest BCUT2D eigenvalue weighted by atomic mass is 10.0. The highest BCUT2D eigenvalue weighted by Gasteiger charge is 2.38. The first-order chi connectivity index (χ1) is 25.1. The van der Waals surface area contributed by atoms with Crippen LogP contribution in [0, 0.1) is 0 Å². The van der Waals surface area contributed by atoms with E-state index < -0.39 is 79.1 Å². The molecule has 0 bridgehead atoms. The van der Waals surface area contributed by atoms with Crippen molar-refractivity contribution < 1.29 is 62.3 Å². The summed E-state index contributed by atoms with van der Waals surface area (Å²) in [5, 5.41) is 7.15. The van der Waals surface area contributed by atoms with Gasteiger partial charge in [0.2, 0.25) is 5.91 Å². The zero-order chi connectivity index (χ0) is 40.1. The zero-order valence-corrected chi connectivity index (χ0v) is 28.6. The summed E-state index contributed by atoms with van der Waals surface area (Å²) < 4.78 is 148. The van der Waals surface area contributed by atoms with Crippen LogP contribution in [-0.4, -0.2) is 26.1 Å². The Hall–Kier alpha value is -5.59. The molecule has 0 aliphatic heterocycles. The van der Waals surface area contributed by atoms with Gasteiger partial charge in [0, 0.05) is 23.2 Å². The normalized spacial score (nSPS) is 12.2. The van der Waals surface area contributed by atoms with E-state index in [1.54, 1.807) is 0 Å². The van der Waals surface area contributed by atoms with Gasteiger partial charge in [-0.15, -0.1) is 0 Å². The fraction of sp³-hybridized carbons (Fsp3) is 0.229. The average Bonchev–Trinajstić information content (AvgIpc) is 3.08. The summed E-state index contributed by atoms with van der Waals surface area (Å²) in [6.45, 7) is 1.89. The predicted octanol–water partition coefficient (Wildman–Crippen LogP) is 9.38. The van der Waals surface area contributed by atoms with Crippen molar-refractivity contribution in [2.75, 3.05) is 16.0 Å². The van der Waals surface area contributed by atoms with Crippen molar-refractivity contribution in [1.82, 2.24) is 4.72 Å². The molecular formula is C35H29F9N4O5S. The molecule has 3 amide bonds. The molecule has 0 heterocycles. The second-order valence-electron chi connectivity index (χ2n) is 11.6. The molecule has 0 aromatic heterocycles. The third-order valence-corrected chi connectivity index (χ3v) is 8.98. The van der Waals surface area contributed by atoms with Gasteiger partial charge in [-0.1, -0.05) is 31.9 Å². The van der Waals surface area contributed by atoms with Gasteiger partial charge in [0.25, 0.3) is 21.8 Å². The molecule has 0 fully saturated rings. The van der Waals surface area contributed by atoms with Gasteiger partial charge in [0.1, 0.15) is 4.90 Å². The van der Waals surface area contributed by atoms with E-state index in [4.69, 9.17) is 0 Å². The Balaban J connectivity index is 1.71. The number of para-hydroxylation sites is 1. The molecule has 0 aliphatic carbocycles. The Bertz CT molecular complexity index is 2100. The van der Waals surface area contributed by atoms with E-state index >= 15 is 0 Å². The van der Waals surface area contributed by atoms with Crippen LogP contribution < -0.4 is 20.7 Å². The Morgan fingerprint density at radius 2 is 1.15 bits per heavy atom. The summed E-state index contributed by atoms with van der Waals surface area (Å²) in [4.78, 5) is 38.4. The summed E-state index contributed by atoms with van der Waals surface area (Å²) in [5.41, 5.74) is -6.91. The number of rotatable bonds is 12. The van der Waals surface area contributed by atoms with E-state index in [9.17, 15) is 62.3 Å². The number of nitrogens with one attached hydrogen (secondary N) is 4. The maximum Gasteiger partial charge on any atom is 0.416 e. The first kappa shape index (κ1) is 41.2. The fourth-order valence-corrected chi connectivity index (χ4v) is 6.04. The molecule has 0 spiro atoms. The Morgan fingerprint density at radius 1 is 0.593 bits per heavy atom. The summed E-state index contributed by atoms with van der Waals surface area (Å²) in [6.07, 6.45) is -13.5. The Kier molecular flexibility index (Phi) is 12.3. The van der Waals surface area contributed by atoms with Crippen LogP contribution in [0.5, 0.6) is 0 Å². The van der Waals surface area contributed by atoms with Crippen molar-refractivity contribution >= 4 is 50.5 Å². The lowest BCUT2D eigenvalue weighted by Crippen LogP contribution is -2.31. The highest BCUT2D eigenvalue weighted by molar-refractivity contribution is 7.90. The number of alkyl halides is 9. The van der Waals surface area contributed by atoms with Gasteiger partial charge in [-0.25, -0.2) is 13.1 Å². The van der Waals surface area contributed by atoms with Crippen LogP contribution in [0.3, 0.4) is 0 Å². The van der Waals surface area contributed by atoms with Gasteiger partial charge < -0.3 is 16.0 Å². The lowest BCUT2D eigenvalue weighted by Gasteiger charge is -2.17. The minimum atomic E-state index is -5.29. The lowest BCUT2D eigenvalue weighted by molar-refractivity contribution is -0.143. The Labute approximate surface area is 302 Å². The quantitative estimate of drug-likeness (QED) is 0.0836. The molecule has 0 aliphatic rings. The number of amides is 3. The van der Waals surface area contributed by atoms with Crippen LogP contribution in [0.1, 0.15) is 70.0 Å². The maximum absolute atomic E-state index is 13.5. The van der Waals surface area contributed by atoms with Gasteiger partial charge in [-0.05, 0) is 79.2 Å². The van der Waals surface area contributed by atoms with Crippen molar-refractivity contribution in [3.05, 3.63) is 113 Å². The van der Waals surface area contributed by atoms with Crippen LogP contribution in [0.2, 0.25) is 0 Å². The molecule has 0 unspecified atom stereocenters. The smallest absolute Gasteiger partial charge is 0.354 e. The number of hydrogen-bond acceptors (Lipinski definition) is 6. The van der Waals surface area contributed by atoms with Crippen molar-refractivity contribution in [2.24, 2.45) is 0 Å². The number of hydrogen-bond donors (Lipinski definition) is 4. The van der Waals surface area contributed by atoms with E-state index in [-0.39, 0.29) is 47.2 Å². The molecule has 4 N–H and O–H groups in total. The summed E-state index contributed by atoms with van der Waals surface area (Å²) in [5.74, 6) is -3.31. The van der Waals surface area contributed by atoms with Crippen LogP contribution in [0.25, 0.3) is 0 Å². The molecule has 0 radical (unpaired) electrons. The molecule has 0 saturated heterocycles. The Morgan fingerprint density at radius 3 is 1.72 bits per heavy atom. The minimum Gasteiger partial charge on any atom is -0.354 e. The van der Waals surface area contributed by atoms with Gasteiger partial charge in [0.15, 0.2) is 0 Å². The van der Waals surface area contributed by atoms with Crippen LogP contribution in [-0.2, 0) is 33.3 Å². The van der Waals surface area contributed by atoms with Crippen LogP contribution in [0.15, 0.2) is 89.8 Å². The van der Waals surface area contributed by atoms with E-state index in [2.05, 4.69) is 16.0 Å². The second-order valence-corrected chi connectivity index (χ2v) is 13.3. The average molecular weight is 789 g/mol. The SMILES string of the molecule is CCCCCC(=O)NS(=O)(=O)c1ccccc1NC(=O)c1ccc(Nc2ccc(C(F)(F)F)cc2)c(NC(=O)c2cc(C(F)(F)F)cc(C(F)(F)F)c2)c1. The first-order valence-corrected chi connectivity index (χ1v) is 17.2. The molecule has 19 heteroatoms. The monoisotopic (exact) mass is 788 g/mol. The maximum atomic E-state index is 13.5. The summed E-state index contributed by atoms with van der Waals surface area (Å²) >= 11 is 0. The van der Waals surface area contributed by atoms with Crippen LogP contribution >= 0.6 is 0 Å². The van der Waals surface area contributed by atoms with Gasteiger partial charge in [-0.3, -0.25) is 14.4 Å². The van der Waals surface area contributed by atoms with Gasteiger partial charge in [-0.2, -0.15) is 39.5 Å². The molecule has 4 aromatic carbocycles. The molecule has 4 aromatic rings. The number of anilines is 4. The third kappa shape index (κ3) is 10.7. The highest BCUT2D eigenvalue weighted by atomic mass is 32.2. The fourth-order valence-electron chi connectivity index (χ4n) is 4.87. The van der Waals surface area contributed by atoms with E-state index in [0.717, 1.165) is 42.8 Å². The number of unbranched alkanes of at least 4 members (excludes halogenated alkanes) is 2. The predicted molar refractivity (Wildman–Crippen MR) is 179 cm³/mol. The molecule has 4 rings (SSSR count). The molecular weight excluding hydrogens is 759 g/mol. The number of carbonyl (C=O) groups is 3. The largest absolute Gasteiger partial charge is 0.416 e. The third-order valence-electron chi connectivity index (χ3n) is 7.55. The van der Waals surface area contributed by atoms with E-state index in [0.29, 0.717) is 25.0 Å². The van der Waals surface area contributed by atoms with Crippen molar-refractivity contribution in [3.63, 3.8) is 0 Å². The van der Waals surface area contributed by atoms with E-state index in [1.165, 1.54) is 18.2 Å². The zero-order valence-electron chi connectivity index (χ0n) is 27.8. The standard InChI is InChI=1S/C35H29F9N4O5S/c1-2-3-4-9-30(49)48-54(52,53)29-8-6-5-7-27(29)46-31(50)20-10-15-26(45-25-13-11-22(12-14-25)33(36,37)38)28(18-20)47-32(51)21-16-23(34(39,40)41)19-24(17-21)35(42,43)44/h5-8,10-19,45H,2-4,9H2,1H3,(H,46,50)(H,47,51)(H,48,49). The number of sulfonamides is 1. The van der Waals surface area contributed by atoms with Gasteiger partial charge in [0.05, 0.1) is 33.8 Å². The second kappa shape index (κ2) is 16.2.